The Kier molecular flexibility index (Phi) is 2.88. The molecule has 62 valence electrons. The van der Waals surface area contributed by atoms with Crippen molar-refractivity contribution in [2.75, 3.05) is 6.54 Å². The fraction of sp³-hybridized carbons (Fsp3) is 0.364. The summed E-state index contributed by atoms with van der Waals surface area (Å²) in [5, 5.41) is 0. The lowest BCUT2D eigenvalue weighted by atomic mass is 10.0. The number of nitrogens with zero attached hydrogens (tertiary/aromatic N) is 1. The van der Waals surface area contributed by atoms with Crippen molar-refractivity contribution in [1.82, 2.24) is 0 Å². The van der Waals surface area contributed by atoms with Crippen molar-refractivity contribution in [2.45, 2.75) is 20.3 Å². The molecule has 1 rings (SSSR count). The van der Waals surface area contributed by atoms with E-state index in [9.17, 15) is 0 Å². The van der Waals surface area contributed by atoms with Crippen LogP contribution in [0.15, 0.2) is 18.2 Å². The highest BCUT2D eigenvalue weighted by Gasteiger charge is 1.96. The molecule has 0 aliphatic carbocycles. The van der Waals surface area contributed by atoms with Crippen molar-refractivity contribution in [1.29, 1.82) is 0 Å². The van der Waals surface area contributed by atoms with Gasteiger partial charge in [-0.25, -0.2) is 6.57 Å². The first-order chi connectivity index (χ1) is 5.74. The van der Waals surface area contributed by atoms with Gasteiger partial charge in [0, 0.05) is 6.42 Å². The van der Waals surface area contributed by atoms with Crippen molar-refractivity contribution in [3.05, 3.63) is 46.3 Å². The van der Waals surface area contributed by atoms with E-state index in [-0.39, 0.29) is 0 Å². The Hall–Kier alpha value is -1.29. The van der Waals surface area contributed by atoms with Crippen LogP contribution in [-0.4, -0.2) is 6.54 Å². The number of benzene rings is 1. The predicted octanol–water partition coefficient (Wildman–Crippen LogP) is 2.77. The molecule has 0 aliphatic heterocycles. The standard InChI is InChI=1S/C11H13N/c1-9-4-5-11(6-7-12-3)8-10(9)2/h4-5,8H,6-7H2,1-2H3. The van der Waals surface area contributed by atoms with Crippen LogP contribution >= 0.6 is 0 Å². The van der Waals surface area contributed by atoms with Gasteiger partial charge < -0.3 is 4.85 Å². The van der Waals surface area contributed by atoms with Crippen LogP contribution in [0.1, 0.15) is 16.7 Å². The van der Waals surface area contributed by atoms with Gasteiger partial charge in [0.25, 0.3) is 0 Å². The lowest BCUT2D eigenvalue weighted by Gasteiger charge is -2.01. The van der Waals surface area contributed by atoms with Crippen molar-refractivity contribution in [2.24, 2.45) is 0 Å². The predicted molar refractivity (Wildman–Crippen MR) is 51.1 cm³/mol. The Morgan fingerprint density at radius 2 is 2.00 bits per heavy atom. The second-order valence-corrected chi connectivity index (χ2v) is 3.05. The van der Waals surface area contributed by atoms with Crippen LogP contribution in [0.5, 0.6) is 0 Å². The van der Waals surface area contributed by atoms with E-state index < -0.39 is 0 Å². The van der Waals surface area contributed by atoms with Crippen LogP contribution in [0.2, 0.25) is 0 Å². The number of hydrogen-bond acceptors (Lipinski definition) is 0. The lowest BCUT2D eigenvalue weighted by Crippen LogP contribution is -1.89. The maximum absolute atomic E-state index is 6.67. The smallest absolute Gasteiger partial charge is 0.218 e. The van der Waals surface area contributed by atoms with Gasteiger partial charge in [-0.15, -0.1) is 0 Å². The summed E-state index contributed by atoms with van der Waals surface area (Å²) < 4.78 is 0. The zero-order valence-corrected chi connectivity index (χ0v) is 7.59. The summed E-state index contributed by atoms with van der Waals surface area (Å²) in [7, 11) is 0. The molecule has 0 amide bonds. The lowest BCUT2D eigenvalue weighted by molar-refractivity contribution is 1.07. The second-order valence-electron chi connectivity index (χ2n) is 3.05. The zero-order valence-electron chi connectivity index (χ0n) is 7.59. The topological polar surface area (TPSA) is 4.36 Å². The molecule has 0 radical (unpaired) electrons. The molecule has 0 saturated heterocycles. The molecule has 0 N–H and O–H groups in total. The summed E-state index contributed by atoms with van der Waals surface area (Å²) in [5.41, 5.74) is 3.91. The third-order valence-corrected chi connectivity index (χ3v) is 2.08. The van der Waals surface area contributed by atoms with Crippen LogP contribution < -0.4 is 0 Å². The molecule has 1 heteroatoms. The van der Waals surface area contributed by atoms with E-state index in [0.29, 0.717) is 6.54 Å². The maximum atomic E-state index is 6.67. The second kappa shape index (κ2) is 3.92. The van der Waals surface area contributed by atoms with Crippen LogP contribution in [0.3, 0.4) is 0 Å². The van der Waals surface area contributed by atoms with Gasteiger partial charge >= 0.3 is 0 Å². The molecule has 0 saturated carbocycles. The highest BCUT2D eigenvalue weighted by Crippen LogP contribution is 2.10. The number of hydrogen-bond donors (Lipinski definition) is 0. The van der Waals surface area contributed by atoms with E-state index in [1.807, 2.05) is 0 Å². The number of aryl methyl sites for hydroxylation is 2. The first-order valence-electron chi connectivity index (χ1n) is 4.13. The van der Waals surface area contributed by atoms with Crippen LogP contribution in [0, 0.1) is 20.4 Å². The van der Waals surface area contributed by atoms with Gasteiger partial charge in [-0.05, 0) is 30.5 Å². The molecule has 0 bridgehead atoms. The Labute approximate surface area is 73.9 Å². The van der Waals surface area contributed by atoms with Gasteiger partial charge in [0.05, 0.1) is 0 Å². The third-order valence-electron chi connectivity index (χ3n) is 2.08. The molecule has 0 heterocycles. The van der Waals surface area contributed by atoms with E-state index in [1.54, 1.807) is 0 Å². The zero-order chi connectivity index (χ0) is 8.97. The Morgan fingerprint density at radius 3 is 2.58 bits per heavy atom. The summed E-state index contributed by atoms with van der Waals surface area (Å²) >= 11 is 0. The monoisotopic (exact) mass is 159 g/mol. The molecule has 12 heavy (non-hydrogen) atoms. The van der Waals surface area contributed by atoms with Crippen molar-refractivity contribution in [3.8, 4) is 0 Å². The minimum atomic E-state index is 0.600. The largest absolute Gasteiger partial charge is 0.317 e. The van der Waals surface area contributed by atoms with Crippen molar-refractivity contribution >= 4 is 0 Å². The minimum absolute atomic E-state index is 0.600. The Balaban J connectivity index is 2.77. The van der Waals surface area contributed by atoms with Gasteiger partial charge in [-0.3, -0.25) is 0 Å². The van der Waals surface area contributed by atoms with Gasteiger partial charge in [-0.1, -0.05) is 18.2 Å². The van der Waals surface area contributed by atoms with Crippen molar-refractivity contribution in [3.63, 3.8) is 0 Å². The van der Waals surface area contributed by atoms with E-state index in [4.69, 9.17) is 6.57 Å². The summed E-state index contributed by atoms with van der Waals surface area (Å²) in [6.07, 6.45) is 0.880. The SMILES string of the molecule is [C-]#[N+]CCc1ccc(C)c(C)c1. The molecule has 0 atom stereocenters. The molecule has 0 spiro atoms. The minimum Gasteiger partial charge on any atom is -0.317 e. The molecule has 0 aliphatic rings. The van der Waals surface area contributed by atoms with Gasteiger partial charge in [0.2, 0.25) is 6.54 Å². The molecule has 1 aromatic rings. The van der Waals surface area contributed by atoms with E-state index in [0.717, 1.165) is 6.42 Å². The number of rotatable bonds is 2. The average Bonchev–Trinajstić information content (AvgIpc) is 2.07. The fourth-order valence-electron chi connectivity index (χ4n) is 1.14. The first kappa shape index (κ1) is 8.80. The normalized spacial score (nSPS) is 9.42. The summed E-state index contributed by atoms with van der Waals surface area (Å²) in [6, 6.07) is 6.39. The summed E-state index contributed by atoms with van der Waals surface area (Å²) in [4.78, 5) is 3.33. The van der Waals surface area contributed by atoms with E-state index in [1.165, 1.54) is 16.7 Å². The molecule has 0 aromatic heterocycles. The molecule has 1 aromatic carbocycles. The van der Waals surface area contributed by atoms with Crippen LogP contribution in [0.4, 0.5) is 0 Å². The summed E-state index contributed by atoms with van der Waals surface area (Å²) in [5.74, 6) is 0. The van der Waals surface area contributed by atoms with Crippen molar-refractivity contribution < 1.29 is 0 Å². The highest BCUT2D eigenvalue weighted by molar-refractivity contribution is 5.30. The molecule has 0 unspecified atom stereocenters. The van der Waals surface area contributed by atoms with E-state index in [2.05, 4.69) is 36.9 Å². The quantitative estimate of drug-likeness (QED) is 0.584. The van der Waals surface area contributed by atoms with E-state index >= 15 is 0 Å². The molecular weight excluding hydrogens is 146 g/mol. The maximum Gasteiger partial charge on any atom is 0.218 e. The molecular formula is C11H13N. The molecule has 1 nitrogen and oxygen atoms in total. The third kappa shape index (κ3) is 2.10. The van der Waals surface area contributed by atoms with Gasteiger partial charge in [0.15, 0.2) is 0 Å². The Morgan fingerprint density at radius 1 is 1.25 bits per heavy atom. The summed E-state index contributed by atoms with van der Waals surface area (Å²) in [6.45, 7) is 11.5. The Bertz CT molecular complexity index is 307. The highest BCUT2D eigenvalue weighted by atomic mass is 14.6. The fourth-order valence-corrected chi connectivity index (χ4v) is 1.14. The molecule has 0 fully saturated rings. The van der Waals surface area contributed by atoms with Crippen LogP contribution in [0.25, 0.3) is 4.85 Å². The van der Waals surface area contributed by atoms with Crippen LogP contribution in [-0.2, 0) is 6.42 Å². The first-order valence-corrected chi connectivity index (χ1v) is 4.13. The average molecular weight is 159 g/mol. The van der Waals surface area contributed by atoms with Gasteiger partial charge in [-0.2, -0.15) is 0 Å². The van der Waals surface area contributed by atoms with Gasteiger partial charge in [0.1, 0.15) is 0 Å².